The van der Waals surface area contributed by atoms with Crippen LogP contribution in [0.3, 0.4) is 0 Å². The lowest BCUT2D eigenvalue weighted by Gasteiger charge is -2.44. The minimum Gasteiger partial charge on any atom is -0.493 e. The molecule has 0 aliphatic carbocycles. The second-order valence-electron chi connectivity index (χ2n) is 6.73. The van der Waals surface area contributed by atoms with Crippen LogP contribution in [0.5, 0.6) is 5.75 Å². The maximum atomic E-state index is 12.8. The number of β-lactam (4-membered cyclic amide) rings is 1. The van der Waals surface area contributed by atoms with Crippen molar-refractivity contribution < 1.29 is 19.1 Å². The Morgan fingerprint density at radius 3 is 2.48 bits per heavy atom. The number of aryl methyl sites for hydroxylation is 1. The predicted octanol–water partition coefficient (Wildman–Crippen LogP) is 3.19. The largest absolute Gasteiger partial charge is 0.493 e. The van der Waals surface area contributed by atoms with E-state index in [1.165, 1.54) is 18.0 Å². The highest BCUT2D eigenvalue weighted by atomic mass is 35.5. The topological polar surface area (TPSA) is 87.7 Å². The average molecular weight is 416 g/mol. The normalized spacial score (nSPS) is 18.1. The number of rotatable bonds is 6. The summed E-state index contributed by atoms with van der Waals surface area (Å²) in [6.07, 6.45) is 0. The van der Waals surface area contributed by atoms with Gasteiger partial charge in [-0.3, -0.25) is 19.8 Å². The van der Waals surface area contributed by atoms with Crippen molar-refractivity contribution in [2.75, 3.05) is 11.9 Å². The van der Waals surface area contributed by atoms with Crippen LogP contribution in [0.15, 0.2) is 42.5 Å². The van der Waals surface area contributed by atoms with Crippen LogP contribution in [0.25, 0.3) is 0 Å². The number of carbonyl (C=O) groups excluding carboxylic acids is 3. The zero-order chi connectivity index (χ0) is 21.1. The molecule has 3 rings (SSSR count). The highest BCUT2D eigenvalue weighted by Crippen LogP contribution is 2.37. The number of hydrogen-bond donors (Lipinski definition) is 2. The number of benzene rings is 2. The van der Waals surface area contributed by atoms with Gasteiger partial charge >= 0.3 is 0 Å². The molecule has 1 fully saturated rings. The first-order valence-electron chi connectivity index (χ1n) is 9.21. The highest BCUT2D eigenvalue weighted by molar-refractivity contribution is 6.33. The van der Waals surface area contributed by atoms with E-state index in [0.29, 0.717) is 18.0 Å². The van der Waals surface area contributed by atoms with Crippen LogP contribution in [0.1, 0.15) is 41.4 Å². The van der Waals surface area contributed by atoms with Gasteiger partial charge in [0.1, 0.15) is 17.2 Å². The van der Waals surface area contributed by atoms with Crippen LogP contribution >= 0.6 is 11.6 Å². The molecule has 1 aliphatic rings. The number of carbonyl (C=O) groups is 3. The monoisotopic (exact) mass is 415 g/mol. The number of hydrogen-bond acceptors (Lipinski definition) is 4. The Balaban J connectivity index is 1.82. The maximum Gasteiger partial charge on any atom is 0.273 e. The van der Waals surface area contributed by atoms with E-state index in [1.807, 2.05) is 31.2 Å². The first-order valence-corrected chi connectivity index (χ1v) is 9.64. The van der Waals surface area contributed by atoms with Gasteiger partial charge in [-0.05, 0) is 31.5 Å². The molecule has 0 saturated carbocycles. The fourth-order valence-corrected chi connectivity index (χ4v) is 3.46. The lowest BCUT2D eigenvalue weighted by Crippen LogP contribution is -2.63. The molecule has 8 heteroatoms. The summed E-state index contributed by atoms with van der Waals surface area (Å²) in [6, 6.07) is 11.9. The molecule has 0 unspecified atom stereocenters. The average Bonchev–Trinajstić information content (AvgIpc) is 2.68. The molecule has 1 aliphatic heterocycles. The van der Waals surface area contributed by atoms with Gasteiger partial charge in [-0.25, -0.2) is 5.01 Å². The Morgan fingerprint density at radius 1 is 1.17 bits per heavy atom. The fraction of sp³-hybridized carbons (Fsp3) is 0.286. The summed E-state index contributed by atoms with van der Waals surface area (Å²) in [5.74, 6) is -0.807. The summed E-state index contributed by atoms with van der Waals surface area (Å²) in [4.78, 5) is 36.4. The third kappa shape index (κ3) is 4.35. The van der Waals surface area contributed by atoms with E-state index >= 15 is 0 Å². The number of halogens is 1. The molecule has 2 atom stereocenters. The SMILES string of the molecule is CCOc1cc(NC(C)=O)ccc1C(=O)NN1C(=O)[C@H](Cl)[C@H]1c1ccc(C)cc1. The zero-order valence-corrected chi connectivity index (χ0v) is 17.1. The van der Waals surface area contributed by atoms with Crippen molar-refractivity contribution in [1.29, 1.82) is 0 Å². The summed E-state index contributed by atoms with van der Waals surface area (Å²) < 4.78 is 5.54. The number of alkyl halides is 1. The van der Waals surface area contributed by atoms with Gasteiger partial charge in [-0.2, -0.15) is 0 Å². The number of hydrazine groups is 1. The molecule has 2 aromatic rings. The Hall–Kier alpha value is -3.06. The van der Waals surface area contributed by atoms with Crippen molar-refractivity contribution in [3.8, 4) is 5.75 Å². The molecule has 1 saturated heterocycles. The summed E-state index contributed by atoms with van der Waals surface area (Å²) in [5.41, 5.74) is 5.30. The lowest BCUT2D eigenvalue weighted by molar-refractivity contribution is -0.149. The maximum absolute atomic E-state index is 12.8. The molecule has 7 nitrogen and oxygen atoms in total. The zero-order valence-electron chi connectivity index (χ0n) is 16.4. The molecule has 0 spiro atoms. The lowest BCUT2D eigenvalue weighted by atomic mass is 9.94. The molecule has 29 heavy (non-hydrogen) atoms. The van der Waals surface area contributed by atoms with Gasteiger partial charge in [0.05, 0.1) is 12.2 Å². The first kappa shape index (κ1) is 20.7. The standard InChI is InChI=1S/C21H22ClN3O4/c1-4-29-17-11-15(23-13(3)26)9-10-16(17)20(27)24-25-19(18(22)21(25)28)14-7-5-12(2)6-8-14/h5-11,18-19H,4H2,1-3H3,(H,23,26)(H,24,27)/t18-,19-/m1/s1. The van der Waals surface area contributed by atoms with Gasteiger partial charge in [0.15, 0.2) is 0 Å². The van der Waals surface area contributed by atoms with E-state index in [2.05, 4.69) is 10.7 Å². The molecule has 1 heterocycles. The first-order chi connectivity index (χ1) is 13.8. The molecule has 2 N–H and O–H groups in total. The van der Waals surface area contributed by atoms with Crippen LogP contribution in [0, 0.1) is 6.92 Å². The van der Waals surface area contributed by atoms with Crippen molar-refractivity contribution in [1.82, 2.24) is 10.4 Å². The Morgan fingerprint density at radius 2 is 1.86 bits per heavy atom. The molecule has 152 valence electrons. The third-order valence-electron chi connectivity index (χ3n) is 4.52. The Kier molecular flexibility index (Phi) is 6.08. The van der Waals surface area contributed by atoms with E-state index in [9.17, 15) is 14.4 Å². The van der Waals surface area contributed by atoms with Gasteiger partial charge in [0.2, 0.25) is 5.91 Å². The van der Waals surface area contributed by atoms with Gasteiger partial charge in [0.25, 0.3) is 11.8 Å². The number of nitrogens with one attached hydrogen (secondary N) is 2. The molecule has 0 aromatic heterocycles. The van der Waals surface area contributed by atoms with Crippen molar-refractivity contribution in [3.63, 3.8) is 0 Å². The molecule has 2 aromatic carbocycles. The van der Waals surface area contributed by atoms with Gasteiger partial charge in [-0.15, -0.1) is 11.6 Å². The summed E-state index contributed by atoms with van der Waals surface area (Å²) in [5, 5.41) is 3.14. The highest BCUT2D eigenvalue weighted by Gasteiger charge is 2.48. The van der Waals surface area contributed by atoms with E-state index in [1.54, 1.807) is 19.1 Å². The molecular weight excluding hydrogens is 394 g/mol. The van der Waals surface area contributed by atoms with Crippen LogP contribution in [-0.4, -0.2) is 34.7 Å². The Bertz CT molecular complexity index is 945. The summed E-state index contributed by atoms with van der Waals surface area (Å²) >= 11 is 6.21. The van der Waals surface area contributed by atoms with Crippen LogP contribution < -0.4 is 15.5 Å². The molecule has 0 bridgehead atoms. The summed E-state index contributed by atoms with van der Waals surface area (Å²) in [7, 11) is 0. The van der Waals surface area contributed by atoms with Crippen LogP contribution in [0.4, 0.5) is 5.69 Å². The number of amides is 3. The van der Waals surface area contributed by atoms with Gasteiger partial charge < -0.3 is 10.1 Å². The smallest absolute Gasteiger partial charge is 0.273 e. The van der Waals surface area contributed by atoms with Gasteiger partial charge in [0, 0.05) is 18.7 Å². The van der Waals surface area contributed by atoms with E-state index < -0.39 is 17.3 Å². The molecule has 0 radical (unpaired) electrons. The fourth-order valence-electron chi connectivity index (χ4n) is 3.10. The van der Waals surface area contributed by atoms with Gasteiger partial charge in [-0.1, -0.05) is 29.8 Å². The van der Waals surface area contributed by atoms with E-state index in [4.69, 9.17) is 16.3 Å². The van der Waals surface area contributed by atoms with E-state index in [-0.39, 0.29) is 17.4 Å². The quantitative estimate of drug-likeness (QED) is 0.560. The van der Waals surface area contributed by atoms with Crippen LogP contribution in [-0.2, 0) is 9.59 Å². The molecule has 3 amide bonds. The van der Waals surface area contributed by atoms with Crippen molar-refractivity contribution in [2.45, 2.75) is 32.2 Å². The number of ether oxygens (including phenoxy) is 1. The predicted molar refractivity (Wildman–Crippen MR) is 110 cm³/mol. The van der Waals surface area contributed by atoms with Crippen molar-refractivity contribution in [2.24, 2.45) is 0 Å². The van der Waals surface area contributed by atoms with E-state index in [0.717, 1.165) is 11.1 Å². The second kappa shape index (κ2) is 8.53. The third-order valence-corrected chi connectivity index (χ3v) is 4.94. The van der Waals surface area contributed by atoms with Crippen molar-refractivity contribution >= 4 is 35.0 Å². The summed E-state index contributed by atoms with van der Waals surface area (Å²) in [6.45, 7) is 5.48. The number of anilines is 1. The minimum absolute atomic E-state index is 0.232. The Labute approximate surface area is 173 Å². The second-order valence-corrected chi connectivity index (χ2v) is 7.20. The van der Waals surface area contributed by atoms with Crippen LogP contribution in [0.2, 0.25) is 0 Å². The minimum atomic E-state index is -0.744. The van der Waals surface area contributed by atoms with Crippen molar-refractivity contribution in [3.05, 3.63) is 59.2 Å². The molecular formula is C21H22ClN3O4. The number of nitrogens with zero attached hydrogens (tertiary/aromatic N) is 1.